The lowest BCUT2D eigenvalue weighted by molar-refractivity contribution is 0.265. The monoisotopic (exact) mass is 197 g/mol. The van der Waals surface area contributed by atoms with E-state index in [0.717, 1.165) is 10.6 Å². The highest BCUT2D eigenvalue weighted by Crippen LogP contribution is 2.32. The van der Waals surface area contributed by atoms with E-state index in [9.17, 15) is 0 Å². The SMILES string of the molecule is CC(C)(CO)Sc1cccc(N)c1. The number of aliphatic hydroxyl groups is 1. The van der Waals surface area contributed by atoms with Gasteiger partial charge in [0.1, 0.15) is 0 Å². The van der Waals surface area contributed by atoms with Gasteiger partial charge < -0.3 is 10.8 Å². The van der Waals surface area contributed by atoms with E-state index in [-0.39, 0.29) is 11.4 Å². The molecule has 1 rings (SSSR count). The van der Waals surface area contributed by atoms with Crippen molar-refractivity contribution in [3.05, 3.63) is 24.3 Å². The van der Waals surface area contributed by atoms with Crippen LogP contribution in [-0.2, 0) is 0 Å². The zero-order chi connectivity index (χ0) is 9.90. The van der Waals surface area contributed by atoms with Gasteiger partial charge >= 0.3 is 0 Å². The summed E-state index contributed by atoms with van der Waals surface area (Å²) in [5, 5.41) is 9.07. The highest BCUT2D eigenvalue weighted by molar-refractivity contribution is 8.00. The lowest BCUT2D eigenvalue weighted by Gasteiger charge is -2.20. The Kier molecular flexibility index (Phi) is 3.22. The largest absolute Gasteiger partial charge is 0.399 e. The number of rotatable bonds is 3. The third kappa shape index (κ3) is 3.28. The molecule has 3 heteroatoms. The van der Waals surface area contributed by atoms with Gasteiger partial charge in [0.15, 0.2) is 0 Å². The molecule has 0 heterocycles. The van der Waals surface area contributed by atoms with Crippen molar-refractivity contribution in [3.8, 4) is 0 Å². The Morgan fingerprint density at radius 1 is 1.46 bits per heavy atom. The van der Waals surface area contributed by atoms with E-state index in [2.05, 4.69) is 0 Å². The van der Waals surface area contributed by atoms with Crippen LogP contribution in [0.15, 0.2) is 29.2 Å². The molecule has 72 valence electrons. The Bertz CT molecular complexity index is 286. The quantitative estimate of drug-likeness (QED) is 0.576. The zero-order valence-corrected chi connectivity index (χ0v) is 8.77. The molecule has 0 unspecified atom stereocenters. The van der Waals surface area contributed by atoms with Gasteiger partial charge in [0.2, 0.25) is 0 Å². The topological polar surface area (TPSA) is 46.2 Å². The summed E-state index contributed by atoms with van der Waals surface area (Å²) in [6, 6.07) is 7.70. The molecule has 2 nitrogen and oxygen atoms in total. The summed E-state index contributed by atoms with van der Waals surface area (Å²) in [6.07, 6.45) is 0. The van der Waals surface area contributed by atoms with Crippen LogP contribution in [-0.4, -0.2) is 16.5 Å². The molecular formula is C10H15NOS. The van der Waals surface area contributed by atoms with Crippen LogP contribution in [0, 0.1) is 0 Å². The van der Waals surface area contributed by atoms with Crippen LogP contribution in [0.2, 0.25) is 0 Å². The predicted molar refractivity (Wildman–Crippen MR) is 57.9 cm³/mol. The molecule has 0 radical (unpaired) electrons. The van der Waals surface area contributed by atoms with Crippen molar-refractivity contribution in [1.29, 1.82) is 0 Å². The summed E-state index contributed by atoms with van der Waals surface area (Å²) in [5.41, 5.74) is 6.41. The molecule has 0 saturated carbocycles. The first kappa shape index (κ1) is 10.4. The molecule has 0 aromatic heterocycles. The average Bonchev–Trinajstić information content (AvgIpc) is 2.03. The van der Waals surface area contributed by atoms with Crippen molar-refractivity contribution in [1.82, 2.24) is 0 Å². The van der Waals surface area contributed by atoms with Crippen molar-refractivity contribution in [3.63, 3.8) is 0 Å². The van der Waals surface area contributed by atoms with Crippen molar-refractivity contribution >= 4 is 17.4 Å². The molecule has 0 aliphatic rings. The molecule has 0 atom stereocenters. The Balaban J connectivity index is 2.74. The Hall–Kier alpha value is -0.670. The molecular weight excluding hydrogens is 182 g/mol. The van der Waals surface area contributed by atoms with E-state index < -0.39 is 0 Å². The van der Waals surface area contributed by atoms with Crippen molar-refractivity contribution in [2.24, 2.45) is 0 Å². The summed E-state index contributed by atoms with van der Waals surface area (Å²) >= 11 is 1.63. The Morgan fingerprint density at radius 3 is 2.69 bits per heavy atom. The second kappa shape index (κ2) is 4.03. The van der Waals surface area contributed by atoms with Crippen molar-refractivity contribution in [2.75, 3.05) is 12.3 Å². The van der Waals surface area contributed by atoms with E-state index in [1.54, 1.807) is 11.8 Å². The maximum absolute atomic E-state index is 9.07. The highest BCUT2D eigenvalue weighted by Gasteiger charge is 2.17. The van der Waals surface area contributed by atoms with Gasteiger partial charge in [0.05, 0.1) is 6.61 Å². The molecule has 1 aromatic carbocycles. The van der Waals surface area contributed by atoms with E-state index in [0.29, 0.717) is 0 Å². The second-order valence-corrected chi connectivity index (χ2v) is 5.37. The fraction of sp³-hybridized carbons (Fsp3) is 0.400. The van der Waals surface area contributed by atoms with Gasteiger partial charge in [-0.3, -0.25) is 0 Å². The van der Waals surface area contributed by atoms with Gasteiger partial charge in [-0.25, -0.2) is 0 Å². The Labute approximate surface area is 83.1 Å². The number of thioether (sulfide) groups is 1. The molecule has 13 heavy (non-hydrogen) atoms. The minimum atomic E-state index is -0.145. The number of anilines is 1. The maximum atomic E-state index is 9.07. The highest BCUT2D eigenvalue weighted by atomic mass is 32.2. The summed E-state index contributed by atoms with van der Waals surface area (Å²) in [7, 11) is 0. The first-order valence-electron chi connectivity index (χ1n) is 4.19. The normalized spacial score (nSPS) is 11.6. The van der Waals surface area contributed by atoms with E-state index >= 15 is 0 Å². The summed E-state index contributed by atoms with van der Waals surface area (Å²) in [5.74, 6) is 0. The molecule has 0 amide bonds. The number of hydrogen-bond donors (Lipinski definition) is 2. The van der Waals surface area contributed by atoms with Gasteiger partial charge in [0, 0.05) is 15.3 Å². The molecule has 0 fully saturated rings. The minimum Gasteiger partial charge on any atom is -0.399 e. The third-order valence-corrected chi connectivity index (χ3v) is 2.80. The first-order chi connectivity index (χ1) is 6.03. The van der Waals surface area contributed by atoms with Crippen LogP contribution in [0.4, 0.5) is 5.69 Å². The van der Waals surface area contributed by atoms with Crippen molar-refractivity contribution < 1.29 is 5.11 Å². The van der Waals surface area contributed by atoms with E-state index in [1.165, 1.54) is 0 Å². The summed E-state index contributed by atoms with van der Waals surface area (Å²) < 4.78 is -0.145. The van der Waals surface area contributed by atoms with Crippen LogP contribution in [0.5, 0.6) is 0 Å². The zero-order valence-electron chi connectivity index (χ0n) is 7.95. The van der Waals surface area contributed by atoms with Crippen LogP contribution in [0.25, 0.3) is 0 Å². The number of nitrogen functional groups attached to an aromatic ring is 1. The molecule has 0 spiro atoms. The second-order valence-electron chi connectivity index (χ2n) is 3.59. The smallest absolute Gasteiger partial charge is 0.0576 e. The molecule has 1 aromatic rings. The minimum absolute atomic E-state index is 0.145. The molecule has 0 aliphatic heterocycles. The van der Waals surface area contributed by atoms with Crippen molar-refractivity contribution in [2.45, 2.75) is 23.5 Å². The van der Waals surface area contributed by atoms with E-state index in [1.807, 2.05) is 38.1 Å². The number of nitrogens with two attached hydrogens (primary N) is 1. The molecule has 0 saturated heterocycles. The fourth-order valence-corrected chi connectivity index (χ4v) is 1.97. The maximum Gasteiger partial charge on any atom is 0.0576 e. The summed E-state index contributed by atoms with van der Waals surface area (Å²) in [4.78, 5) is 1.10. The van der Waals surface area contributed by atoms with Gasteiger partial charge in [-0.15, -0.1) is 11.8 Å². The van der Waals surface area contributed by atoms with Crippen LogP contribution < -0.4 is 5.73 Å². The van der Waals surface area contributed by atoms with Crippen LogP contribution in [0.3, 0.4) is 0 Å². The lowest BCUT2D eigenvalue weighted by Crippen LogP contribution is -2.19. The van der Waals surface area contributed by atoms with Crippen LogP contribution in [0.1, 0.15) is 13.8 Å². The van der Waals surface area contributed by atoms with Crippen LogP contribution >= 0.6 is 11.8 Å². The fourth-order valence-electron chi connectivity index (χ4n) is 0.929. The van der Waals surface area contributed by atoms with Gasteiger partial charge in [0.25, 0.3) is 0 Å². The number of aliphatic hydroxyl groups excluding tert-OH is 1. The Morgan fingerprint density at radius 2 is 2.15 bits per heavy atom. The number of benzene rings is 1. The average molecular weight is 197 g/mol. The lowest BCUT2D eigenvalue weighted by atomic mass is 10.2. The van der Waals surface area contributed by atoms with E-state index in [4.69, 9.17) is 10.8 Å². The summed E-state index contributed by atoms with van der Waals surface area (Å²) in [6.45, 7) is 4.16. The van der Waals surface area contributed by atoms with Gasteiger partial charge in [-0.2, -0.15) is 0 Å². The van der Waals surface area contributed by atoms with Gasteiger partial charge in [-0.05, 0) is 32.0 Å². The predicted octanol–water partition coefficient (Wildman–Crippen LogP) is 2.13. The van der Waals surface area contributed by atoms with Gasteiger partial charge in [-0.1, -0.05) is 6.07 Å². The molecule has 0 aliphatic carbocycles. The third-order valence-electron chi connectivity index (χ3n) is 1.63. The molecule has 3 N–H and O–H groups in total. The number of hydrogen-bond acceptors (Lipinski definition) is 3. The standard InChI is InChI=1S/C10H15NOS/c1-10(2,7-12)13-9-5-3-4-8(11)6-9/h3-6,12H,7,11H2,1-2H3. The first-order valence-corrected chi connectivity index (χ1v) is 5.00. The molecule has 0 bridgehead atoms.